The van der Waals surface area contributed by atoms with E-state index in [0.29, 0.717) is 0 Å². The van der Waals surface area contributed by atoms with Crippen molar-refractivity contribution in [3.8, 4) is 0 Å². The van der Waals surface area contributed by atoms with E-state index in [1.165, 1.54) is 0 Å². The van der Waals surface area contributed by atoms with Crippen molar-refractivity contribution in [2.24, 2.45) is 0 Å². The summed E-state index contributed by atoms with van der Waals surface area (Å²) >= 11 is 0. The zero-order valence-corrected chi connectivity index (χ0v) is 11.7. The molecule has 1 aromatic rings. The minimum atomic E-state index is -0.532. The summed E-state index contributed by atoms with van der Waals surface area (Å²) in [5, 5.41) is 0. The third-order valence-electron chi connectivity index (χ3n) is 2.48. The van der Waals surface area contributed by atoms with Crippen LogP contribution in [0.4, 0.5) is 0 Å². The molecule has 1 heterocycles. The molecule has 0 N–H and O–H groups in total. The lowest BCUT2D eigenvalue weighted by Crippen LogP contribution is -2.14. The van der Waals surface area contributed by atoms with Gasteiger partial charge in [0, 0.05) is 0 Å². The first-order chi connectivity index (χ1) is 8.99. The summed E-state index contributed by atoms with van der Waals surface area (Å²) in [4.78, 5) is 27.4. The number of ether oxygens (including phenoxy) is 2. The Bertz CT molecular complexity index is 432. The second kappa shape index (κ2) is 6.87. The van der Waals surface area contributed by atoms with E-state index >= 15 is 0 Å². The van der Waals surface area contributed by atoms with E-state index in [1.807, 2.05) is 13.8 Å². The summed E-state index contributed by atoms with van der Waals surface area (Å²) in [6, 6.07) is 3.29. The molecule has 1 aromatic heterocycles. The van der Waals surface area contributed by atoms with E-state index in [0.717, 1.165) is 5.56 Å². The summed E-state index contributed by atoms with van der Waals surface area (Å²) in [5.74, 6) is -0.893. The molecule has 0 unspecified atom stereocenters. The molecule has 1 rings (SSSR count). The maximum absolute atomic E-state index is 11.7. The molecule has 5 nitrogen and oxygen atoms in total. The summed E-state index contributed by atoms with van der Waals surface area (Å²) in [5.41, 5.74) is 1.12. The number of carbonyl (C=O) groups is 2. The van der Waals surface area contributed by atoms with Crippen molar-refractivity contribution in [3.63, 3.8) is 0 Å². The van der Waals surface area contributed by atoms with Crippen LogP contribution in [0.3, 0.4) is 0 Å². The molecule has 0 aromatic carbocycles. The number of carbonyl (C=O) groups excluding carboxylic acids is 2. The second-order valence-electron chi connectivity index (χ2n) is 4.27. The van der Waals surface area contributed by atoms with Crippen LogP contribution >= 0.6 is 0 Å². The largest absolute Gasteiger partial charge is 0.461 e. The highest BCUT2D eigenvalue weighted by molar-refractivity contribution is 5.92. The van der Waals surface area contributed by atoms with Gasteiger partial charge >= 0.3 is 11.9 Å². The fourth-order valence-corrected chi connectivity index (χ4v) is 1.50. The number of rotatable bonds is 5. The molecule has 0 saturated heterocycles. The Balaban J connectivity index is 3.17. The summed E-state index contributed by atoms with van der Waals surface area (Å²) in [7, 11) is 0. The van der Waals surface area contributed by atoms with Gasteiger partial charge in [-0.1, -0.05) is 13.8 Å². The molecular weight excluding hydrogens is 246 g/mol. The standard InChI is InChI=1S/C14H19NO4/c1-5-18-13(16)11-7-10(9(3)4)8-12(15-11)14(17)19-6-2/h7-9H,5-6H2,1-4H3. The van der Waals surface area contributed by atoms with E-state index in [4.69, 9.17) is 9.47 Å². The maximum Gasteiger partial charge on any atom is 0.356 e. The Hall–Kier alpha value is -1.91. The van der Waals surface area contributed by atoms with Gasteiger partial charge in [-0.3, -0.25) is 0 Å². The average Bonchev–Trinajstić information content (AvgIpc) is 2.38. The average molecular weight is 265 g/mol. The number of hydrogen-bond acceptors (Lipinski definition) is 5. The van der Waals surface area contributed by atoms with E-state index in [2.05, 4.69) is 4.98 Å². The lowest BCUT2D eigenvalue weighted by atomic mass is 10.0. The quantitative estimate of drug-likeness (QED) is 0.765. The van der Waals surface area contributed by atoms with Crippen molar-refractivity contribution < 1.29 is 19.1 Å². The predicted molar refractivity (Wildman–Crippen MR) is 70.2 cm³/mol. The minimum Gasteiger partial charge on any atom is -0.461 e. The van der Waals surface area contributed by atoms with Gasteiger partial charge in [0.15, 0.2) is 0 Å². The van der Waals surface area contributed by atoms with Crippen molar-refractivity contribution in [3.05, 3.63) is 29.1 Å². The lowest BCUT2D eigenvalue weighted by Gasteiger charge is -2.10. The SMILES string of the molecule is CCOC(=O)c1cc(C(C)C)cc(C(=O)OCC)n1. The van der Waals surface area contributed by atoms with Crippen LogP contribution in [-0.2, 0) is 9.47 Å². The van der Waals surface area contributed by atoms with E-state index in [9.17, 15) is 9.59 Å². The molecule has 5 heteroatoms. The normalized spacial score (nSPS) is 10.4. The molecule has 104 valence electrons. The first-order valence-electron chi connectivity index (χ1n) is 6.35. The Morgan fingerprint density at radius 1 is 1.05 bits per heavy atom. The Morgan fingerprint density at radius 3 is 1.79 bits per heavy atom. The molecule has 0 fully saturated rings. The molecule has 0 spiro atoms. The maximum atomic E-state index is 11.7. The van der Waals surface area contributed by atoms with Crippen LogP contribution in [0, 0.1) is 0 Å². The lowest BCUT2D eigenvalue weighted by molar-refractivity contribution is 0.0511. The first kappa shape index (κ1) is 15.1. The van der Waals surface area contributed by atoms with E-state index in [1.54, 1.807) is 26.0 Å². The molecule has 19 heavy (non-hydrogen) atoms. The van der Waals surface area contributed by atoms with Gasteiger partial charge in [0.25, 0.3) is 0 Å². The van der Waals surface area contributed by atoms with Gasteiger partial charge in [-0.25, -0.2) is 14.6 Å². The van der Waals surface area contributed by atoms with Crippen LogP contribution in [0.1, 0.15) is 60.2 Å². The number of aromatic nitrogens is 1. The summed E-state index contributed by atoms with van der Waals surface area (Å²) < 4.78 is 9.81. The van der Waals surface area contributed by atoms with Crippen LogP contribution in [-0.4, -0.2) is 30.1 Å². The highest BCUT2D eigenvalue weighted by atomic mass is 16.5. The zero-order valence-electron chi connectivity index (χ0n) is 11.7. The van der Waals surface area contributed by atoms with Gasteiger partial charge in [-0.05, 0) is 37.5 Å². The summed E-state index contributed by atoms with van der Waals surface area (Å²) in [6.45, 7) is 7.91. The molecule has 0 atom stereocenters. The molecule has 0 bridgehead atoms. The molecular formula is C14H19NO4. The van der Waals surface area contributed by atoms with Gasteiger partial charge in [0.2, 0.25) is 0 Å². The minimum absolute atomic E-state index is 0.135. The third-order valence-corrected chi connectivity index (χ3v) is 2.48. The Morgan fingerprint density at radius 2 is 1.47 bits per heavy atom. The number of pyridine rings is 1. The Kier molecular flexibility index (Phi) is 5.48. The highest BCUT2D eigenvalue weighted by Crippen LogP contribution is 2.17. The van der Waals surface area contributed by atoms with E-state index < -0.39 is 11.9 Å². The van der Waals surface area contributed by atoms with Crippen molar-refractivity contribution in [1.82, 2.24) is 4.98 Å². The van der Waals surface area contributed by atoms with Gasteiger partial charge in [0.05, 0.1) is 13.2 Å². The zero-order chi connectivity index (χ0) is 14.4. The third kappa shape index (κ3) is 4.05. The Labute approximate surface area is 112 Å². The second-order valence-corrected chi connectivity index (χ2v) is 4.27. The van der Waals surface area contributed by atoms with Crippen molar-refractivity contribution in [1.29, 1.82) is 0 Å². The smallest absolute Gasteiger partial charge is 0.356 e. The molecule has 0 saturated carbocycles. The molecule has 0 aliphatic rings. The van der Waals surface area contributed by atoms with Crippen LogP contribution in [0.2, 0.25) is 0 Å². The molecule has 0 aliphatic carbocycles. The number of esters is 2. The molecule has 0 radical (unpaired) electrons. The van der Waals surface area contributed by atoms with Crippen LogP contribution in [0.15, 0.2) is 12.1 Å². The predicted octanol–water partition coefficient (Wildman–Crippen LogP) is 2.56. The van der Waals surface area contributed by atoms with Gasteiger partial charge in [0.1, 0.15) is 11.4 Å². The van der Waals surface area contributed by atoms with Crippen LogP contribution in [0.25, 0.3) is 0 Å². The van der Waals surface area contributed by atoms with Gasteiger partial charge in [-0.15, -0.1) is 0 Å². The van der Waals surface area contributed by atoms with Crippen molar-refractivity contribution in [2.45, 2.75) is 33.6 Å². The number of nitrogens with zero attached hydrogens (tertiary/aromatic N) is 1. The fraction of sp³-hybridized carbons (Fsp3) is 0.500. The monoisotopic (exact) mass is 265 g/mol. The number of hydrogen-bond donors (Lipinski definition) is 0. The fourth-order valence-electron chi connectivity index (χ4n) is 1.50. The van der Waals surface area contributed by atoms with Gasteiger partial charge < -0.3 is 9.47 Å². The molecule has 0 aliphatic heterocycles. The van der Waals surface area contributed by atoms with Crippen LogP contribution < -0.4 is 0 Å². The highest BCUT2D eigenvalue weighted by Gasteiger charge is 2.17. The summed E-state index contributed by atoms with van der Waals surface area (Å²) in [6.07, 6.45) is 0. The van der Waals surface area contributed by atoms with Crippen molar-refractivity contribution >= 4 is 11.9 Å². The topological polar surface area (TPSA) is 65.5 Å². The van der Waals surface area contributed by atoms with E-state index in [-0.39, 0.29) is 30.5 Å². The molecule has 0 amide bonds. The van der Waals surface area contributed by atoms with Crippen molar-refractivity contribution in [2.75, 3.05) is 13.2 Å². The first-order valence-corrected chi connectivity index (χ1v) is 6.35. The van der Waals surface area contributed by atoms with Gasteiger partial charge in [-0.2, -0.15) is 0 Å². The van der Waals surface area contributed by atoms with Crippen LogP contribution in [0.5, 0.6) is 0 Å².